The normalized spacial score (nSPS) is 17.0. The summed E-state index contributed by atoms with van der Waals surface area (Å²) >= 11 is 1.20. The van der Waals surface area contributed by atoms with Crippen LogP contribution in [-0.2, 0) is 11.9 Å². The van der Waals surface area contributed by atoms with Gasteiger partial charge < -0.3 is 5.11 Å². The summed E-state index contributed by atoms with van der Waals surface area (Å²) in [5.41, 5.74) is 1.45. The molecule has 0 saturated carbocycles. The highest BCUT2D eigenvalue weighted by Gasteiger charge is 2.18. The van der Waals surface area contributed by atoms with Crippen molar-refractivity contribution in [1.29, 1.82) is 0 Å². The van der Waals surface area contributed by atoms with Crippen molar-refractivity contribution in [1.82, 2.24) is 4.31 Å². The summed E-state index contributed by atoms with van der Waals surface area (Å²) in [7, 11) is 0. The van der Waals surface area contributed by atoms with Gasteiger partial charge in [-0.15, -0.1) is 4.31 Å². The van der Waals surface area contributed by atoms with Crippen LogP contribution in [0.25, 0.3) is 5.57 Å². The Hall–Kier alpha value is -1.07. The molecule has 0 atom stereocenters. The van der Waals surface area contributed by atoms with Gasteiger partial charge in [0.15, 0.2) is 17.4 Å². The number of aromatic hydroxyl groups is 1. The number of halogens is 2. The molecule has 0 unspecified atom stereocenters. The topological polar surface area (TPSA) is 23.5 Å². The average molecular weight is 258 g/mol. The van der Waals surface area contributed by atoms with Crippen molar-refractivity contribution in [3.63, 3.8) is 0 Å². The van der Waals surface area contributed by atoms with Gasteiger partial charge in [-0.1, -0.05) is 6.08 Å². The summed E-state index contributed by atoms with van der Waals surface area (Å²) < 4.78 is 28.6. The maximum Gasteiger partial charge on any atom is 0.187 e. The number of rotatable bonds is 2. The third-order valence-corrected chi connectivity index (χ3v) is 3.79. The second-order valence-electron chi connectivity index (χ2n) is 3.88. The van der Waals surface area contributed by atoms with Crippen LogP contribution in [0.3, 0.4) is 0 Å². The van der Waals surface area contributed by atoms with Gasteiger partial charge in [0.1, 0.15) is 6.26 Å². The smallest absolute Gasteiger partial charge is 0.187 e. The lowest BCUT2D eigenvalue weighted by molar-refractivity contribution is 0.396. The van der Waals surface area contributed by atoms with E-state index in [0.29, 0.717) is 5.56 Å². The van der Waals surface area contributed by atoms with Crippen molar-refractivity contribution in [2.75, 3.05) is 19.3 Å². The molecule has 0 radical (unpaired) electrons. The fraction of sp³-hybridized carbons (Fsp3) is 0.333. The first-order chi connectivity index (χ1) is 8.11. The molecular weight excluding hydrogens is 244 g/mol. The molecule has 0 saturated heterocycles. The van der Waals surface area contributed by atoms with Gasteiger partial charge in [0.25, 0.3) is 0 Å². The first-order valence-corrected chi connectivity index (χ1v) is 6.63. The largest absolute Gasteiger partial charge is 0.503 e. The van der Waals surface area contributed by atoms with E-state index in [1.807, 2.05) is 6.08 Å². The third-order valence-electron chi connectivity index (χ3n) is 2.86. The van der Waals surface area contributed by atoms with Crippen LogP contribution in [0, 0.1) is 11.6 Å². The zero-order chi connectivity index (χ0) is 12.4. The number of phenols is 1. The maximum atomic E-state index is 13.2. The fourth-order valence-electron chi connectivity index (χ4n) is 1.85. The highest BCUT2D eigenvalue weighted by molar-refractivity contribution is 7.75. The molecule has 5 heteroatoms. The zero-order valence-electron chi connectivity index (χ0n) is 9.45. The average Bonchev–Trinajstić information content (AvgIpc) is 2.35. The van der Waals surface area contributed by atoms with E-state index in [4.69, 9.17) is 5.11 Å². The van der Waals surface area contributed by atoms with Crippen molar-refractivity contribution in [3.8, 4) is 5.75 Å². The lowest BCUT2D eigenvalue weighted by Crippen LogP contribution is -2.26. The summed E-state index contributed by atoms with van der Waals surface area (Å²) in [5, 5.41) is 9.03. The van der Waals surface area contributed by atoms with Crippen molar-refractivity contribution in [2.24, 2.45) is 0 Å². The van der Waals surface area contributed by atoms with Crippen LogP contribution >= 0.6 is 0 Å². The van der Waals surface area contributed by atoms with Gasteiger partial charge in [-0.3, -0.25) is 0 Å². The van der Waals surface area contributed by atoms with E-state index in [0.717, 1.165) is 25.1 Å². The van der Waals surface area contributed by atoms with Crippen LogP contribution in [0.1, 0.15) is 12.0 Å². The van der Waals surface area contributed by atoms with Crippen LogP contribution in [0.15, 0.2) is 18.2 Å². The molecule has 0 aromatic heterocycles. The van der Waals surface area contributed by atoms with E-state index in [9.17, 15) is 8.78 Å². The quantitative estimate of drug-likeness (QED) is 0.649. The van der Waals surface area contributed by atoms with Gasteiger partial charge in [0, 0.05) is 6.54 Å². The molecule has 92 valence electrons. The molecule has 17 heavy (non-hydrogen) atoms. The highest BCUT2D eigenvalue weighted by Crippen LogP contribution is 2.28. The van der Waals surface area contributed by atoms with Crippen molar-refractivity contribution < 1.29 is 13.9 Å². The van der Waals surface area contributed by atoms with E-state index in [-0.39, 0.29) is 0 Å². The first kappa shape index (κ1) is 12.4. The molecule has 1 aromatic carbocycles. The summed E-state index contributed by atoms with van der Waals surface area (Å²) in [6.07, 6.45) is 4.80. The maximum absolute atomic E-state index is 13.2. The Labute approximate surface area is 103 Å². The van der Waals surface area contributed by atoms with E-state index >= 15 is 0 Å². The Morgan fingerprint density at radius 1 is 1.29 bits per heavy atom. The van der Waals surface area contributed by atoms with Crippen LogP contribution < -0.4 is 0 Å². The van der Waals surface area contributed by atoms with Gasteiger partial charge in [-0.2, -0.15) is 0 Å². The highest BCUT2D eigenvalue weighted by atomic mass is 32.2. The summed E-state index contributed by atoms with van der Waals surface area (Å²) in [5.74, 6) is -2.72. The lowest BCUT2D eigenvalue weighted by Gasteiger charge is -2.19. The second-order valence-corrected chi connectivity index (χ2v) is 4.85. The monoisotopic (exact) mass is 258 g/mol. The number of nitrogens with zero attached hydrogens (tertiary/aromatic N) is 1. The molecule has 0 aliphatic carbocycles. The Morgan fingerprint density at radius 2 is 1.94 bits per heavy atom. The van der Waals surface area contributed by atoms with E-state index in [1.165, 1.54) is 24.1 Å². The van der Waals surface area contributed by atoms with Crippen LogP contribution in [0.5, 0.6) is 5.75 Å². The Bertz CT molecular complexity index is 439. The Kier molecular flexibility index (Phi) is 3.69. The molecule has 0 bridgehead atoms. The standard InChI is InChI=1S/C12H13F2NOS/c1-17-15-4-2-8(3-5-15)9-6-10(13)12(16)11(14)7-9/h2,6-7,16H,3-5H2,1H3/p+1. The molecule has 2 nitrogen and oxygen atoms in total. The number of thiol groups is 1. The molecule has 1 aliphatic heterocycles. The summed E-state index contributed by atoms with van der Waals surface area (Å²) in [6, 6.07) is 2.37. The van der Waals surface area contributed by atoms with Gasteiger partial charge in [0.05, 0.1) is 18.5 Å². The molecule has 1 aliphatic rings. The minimum Gasteiger partial charge on any atom is -0.503 e. The van der Waals surface area contributed by atoms with E-state index in [2.05, 4.69) is 10.6 Å². The van der Waals surface area contributed by atoms with Gasteiger partial charge >= 0.3 is 0 Å². The Morgan fingerprint density at radius 3 is 2.41 bits per heavy atom. The second kappa shape index (κ2) is 5.06. The molecule has 1 aromatic rings. The van der Waals surface area contributed by atoms with Gasteiger partial charge in [-0.05, 0) is 29.7 Å². The SMILES string of the molecule is C[SH+]N1CC=C(c2cc(F)c(O)c(F)c2)CC1. The predicted molar refractivity (Wildman–Crippen MR) is 66.9 cm³/mol. The first-order valence-electron chi connectivity index (χ1n) is 5.34. The minimum absolute atomic E-state index is 0.519. The van der Waals surface area contributed by atoms with Crippen LogP contribution in [0.2, 0.25) is 0 Å². The van der Waals surface area contributed by atoms with Crippen LogP contribution in [0.4, 0.5) is 8.78 Å². The molecule has 0 amide bonds. The molecule has 2 rings (SSSR count). The molecule has 0 spiro atoms. The third kappa shape index (κ3) is 2.61. The number of phenolic OH excluding ortho intramolecular Hbond substituents is 1. The van der Waals surface area contributed by atoms with E-state index in [1.54, 1.807) is 0 Å². The summed E-state index contributed by atoms with van der Waals surface area (Å²) in [4.78, 5) is 0. The summed E-state index contributed by atoms with van der Waals surface area (Å²) in [6.45, 7) is 1.67. The zero-order valence-corrected chi connectivity index (χ0v) is 10.3. The van der Waals surface area contributed by atoms with Crippen molar-refractivity contribution in [2.45, 2.75) is 6.42 Å². The number of hydrogen-bond acceptors (Lipinski definition) is 2. The fourth-order valence-corrected chi connectivity index (χ4v) is 2.40. The van der Waals surface area contributed by atoms with Gasteiger partial charge in [-0.25, -0.2) is 8.78 Å². The van der Waals surface area contributed by atoms with E-state index < -0.39 is 17.4 Å². The van der Waals surface area contributed by atoms with Crippen molar-refractivity contribution in [3.05, 3.63) is 35.4 Å². The van der Waals surface area contributed by atoms with Crippen LogP contribution in [-0.4, -0.2) is 28.8 Å². The van der Waals surface area contributed by atoms with Crippen molar-refractivity contribution >= 4 is 17.5 Å². The molecular formula is C12H14F2NOS+. The lowest BCUT2D eigenvalue weighted by atomic mass is 10.00. The molecule has 1 N–H and O–H groups in total. The molecule has 1 heterocycles. The Balaban J connectivity index is 2.27. The number of hydrogen-bond donors (Lipinski definition) is 1. The van der Waals surface area contributed by atoms with Gasteiger partial charge in [0.2, 0.25) is 0 Å². The molecule has 0 fully saturated rings. The number of benzene rings is 1. The predicted octanol–water partition coefficient (Wildman–Crippen LogP) is 2.12. The minimum atomic E-state index is -0.906.